The van der Waals surface area contributed by atoms with Crippen molar-refractivity contribution in [2.24, 2.45) is 0 Å². The van der Waals surface area contributed by atoms with Crippen LogP contribution in [0.4, 0.5) is 0 Å². The zero-order chi connectivity index (χ0) is 25.5. The molecule has 0 radical (unpaired) electrons. The van der Waals surface area contributed by atoms with Crippen molar-refractivity contribution in [2.75, 3.05) is 0 Å². The summed E-state index contributed by atoms with van der Waals surface area (Å²) in [5.41, 5.74) is 7.11. The molecule has 3 aromatic heterocycles. The first-order valence-electron chi connectivity index (χ1n) is 12.9. The minimum Gasteiger partial charge on any atom is -0.455 e. The van der Waals surface area contributed by atoms with Gasteiger partial charge in [0, 0.05) is 27.9 Å². The molecule has 0 spiro atoms. The van der Waals surface area contributed by atoms with Gasteiger partial charge in [0.2, 0.25) is 5.43 Å². The molecule has 0 aliphatic rings. The molecule has 0 fully saturated rings. The first-order chi connectivity index (χ1) is 18.6. The zero-order valence-corrected chi connectivity index (χ0v) is 21.0. The molecular formula is C34H23NO3. The molecule has 0 saturated heterocycles. The molecule has 0 unspecified atom stereocenters. The number of para-hydroxylation sites is 3. The Morgan fingerprint density at radius 3 is 2.21 bits per heavy atom. The van der Waals surface area contributed by atoms with E-state index in [0.717, 1.165) is 55.0 Å². The van der Waals surface area contributed by atoms with Crippen LogP contribution in [0.25, 0.3) is 71.4 Å². The van der Waals surface area contributed by atoms with E-state index in [4.69, 9.17) is 8.83 Å². The second-order valence-corrected chi connectivity index (χ2v) is 10.3. The number of furan rings is 1. The first-order valence-corrected chi connectivity index (χ1v) is 12.9. The molecule has 4 heteroatoms. The van der Waals surface area contributed by atoms with E-state index in [1.54, 1.807) is 0 Å². The normalized spacial score (nSPS) is 12.3. The lowest BCUT2D eigenvalue weighted by atomic mass is 10.00. The molecule has 0 saturated carbocycles. The van der Waals surface area contributed by atoms with Gasteiger partial charge in [-0.25, -0.2) is 0 Å². The number of rotatable bonds is 2. The van der Waals surface area contributed by atoms with E-state index >= 15 is 0 Å². The molecule has 0 aliphatic carbocycles. The maximum atomic E-state index is 13.4. The maximum absolute atomic E-state index is 13.4. The Labute approximate surface area is 217 Å². The van der Waals surface area contributed by atoms with Crippen molar-refractivity contribution in [2.45, 2.75) is 19.8 Å². The summed E-state index contributed by atoms with van der Waals surface area (Å²) in [6.45, 7) is 4.23. The highest BCUT2D eigenvalue weighted by atomic mass is 16.3. The molecule has 0 amide bonds. The Kier molecular flexibility index (Phi) is 4.25. The molecule has 4 nitrogen and oxygen atoms in total. The van der Waals surface area contributed by atoms with E-state index in [-0.39, 0.29) is 11.3 Å². The summed E-state index contributed by atoms with van der Waals surface area (Å²) in [4.78, 5) is 13.4. The number of nitrogens with zero attached hydrogens (tertiary/aromatic N) is 1. The van der Waals surface area contributed by atoms with Crippen molar-refractivity contribution in [1.82, 2.24) is 4.57 Å². The van der Waals surface area contributed by atoms with Gasteiger partial charge in [-0.3, -0.25) is 4.79 Å². The van der Waals surface area contributed by atoms with Crippen LogP contribution in [-0.2, 0) is 0 Å². The Morgan fingerprint density at radius 1 is 0.605 bits per heavy atom. The lowest BCUT2D eigenvalue weighted by Gasteiger charge is -2.12. The highest BCUT2D eigenvalue weighted by molar-refractivity contribution is 6.23. The highest BCUT2D eigenvalue weighted by Crippen LogP contribution is 2.40. The summed E-state index contributed by atoms with van der Waals surface area (Å²) in [7, 11) is 0. The maximum Gasteiger partial charge on any atom is 0.200 e. The second-order valence-electron chi connectivity index (χ2n) is 10.3. The molecule has 8 rings (SSSR count). The molecule has 3 heterocycles. The zero-order valence-electron chi connectivity index (χ0n) is 21.0. The van der Waals surface area contributed by atoms with Crippen LogP contribution in [0.5, 0.6) is 0 Å². The minimum absolute atomic E-state index is 0.00139. The van der Waals surface area contributed by atoms with Gasteiger partial charge < -0.3 is 13.4 Å². The molecule has 5 aromatic carbocycles. The first kappa shape index (κ1) is 21.3. The number of hydrogen-bond acceptors (Lipinski definition) is 3. The fourth-order valence-corrected chi connectivity index (χ4v) is 5.99. The third kappa shape index (κ3) is 2.77. The smallest absolute Gasteiger partial charge is 0.200 e. The number of hydrogen-bond donors (Lipinski definition) is 0. The number of benzene rings is 5. The van der Waals surface area contributed by atoms with Crippen LogP contribution < -0.4 is 5.43 Å². The average molecular weight is 494 g/mol. The van der Waals surface area contributed by atoms with Crippen LogP contribution in [-0.4, -0.2) is 4.57 Å². The van der Waals surface area contributed by atoms with Crippen LogP contribution >= 0.6 is 0 Å². The fourth-order valence-electron chi connectivity index (χ4n) is 5.99. The van der Waals surface area contributed by atoms with Crippen LogP contribution in [0, 0.1) is 0 Å². The number of aromatic nitrogens is 1. The highest BCUT2D eigenvalue weighted by Gasteiger charge is 2.19. The Hall–Kier alpha value is -4.83. The molecule has 182 valence electrons. The molecule has 0 aliphatic heterocycles. The third-order valence-electron chi connectivity index (χ3n) is 7.77. The summed E-state index contributed by atoms with van der Waals surface area (Å²) in [5.74, 6) is 0.242. The van der Waals surface area contributed by atoms with Crippen LogP contribution in [0.15, 0.2) is 111 Å². The largest absolute Gasteiger partial charge is 0.455 e. The molecule has 0 N–H and O–H groups in total. The Bertz CT molecular complexity index is 2300. The van der Waals surface area contributed by atoms with E-state index in [1.807, 2.05) is 54.6 Å². The van der Waals surface area contributed by atoms with E-state index < -0.39 is 0 Å². The Morgan fingerprint density at radius 2 is 1.34 bits per heavy atom. The standard InChI is InChI=1S/C34H23NO3/c1-19(2)21-10-7-11-26-32(36)25-15-14-20(18-30(25)38-33(21)26)35-27-12-5-3-9-24(27)31-28(35)17-16-23-22-8-4-6-13-29(22)37-34(23)31/h3-19H,1-2H3. The average Bonchev–Trinajstić information content (AvgIpc) is 3.48. The Balaban J connectivity index is 1.48. The van der Waals surface area contributed by atoms with Crippen LogP contribution in [0.1, 0.15) is 25.3 Å². The van der Waals surface area contributed by atoms with Crippen molar-refractivity contribution >= 4 is 65.7 Å². The quantitative estimate of drug-likeness (QED) is 0.226. The van der Waals surface area contributed by atoms with E-state index in [1.165, 1.54) is 0 Å². The van der Waals surface area contributed by atoms with Gasteiger partial charge in [-0.2, -0.15) is 0 Å². The molecule has 0 atom stereocenters. The van der Waals surface area contributed by atoms with Crippen LogP contribution in [0.3, 0.4) is 0 Å². The topological polar surface area (TPSA) is 48.3 Å². The van der Waals surface area contributed by atoms with Gasteiger partial charge in [0.1, 0.15) is 22.3 Å². The predicted molar refractivity (Wildman–Crippen MR) is 156 cm³/mol. The lowest BCUT2D eigenvalue weighted by Crippen LogP contribution is -2.05. The van der Waals surface area contributed by atoms with Gasteiger partial charge in [0.15, 0.2) is 0 Å². The van der Waals surface area contributed by atoms with Crippen molar-refractivity contribution < 1.29 is 8.83 Å². The van der Waals surface area contributed by atoms with Crippen molar-refractivity contribution in [3.8, 4) is 5.69 Å². The van der Waals surface area contributed by atoms with Gasteiger partial charge in [-0.1, -0.05) is 62.4 Å². The van der Waals surface area contributed by atoms with Crippen LogP contribution in [0.2, 0.25) is 0 Å². The van der Waals surface area contributed by atoms with Gasteiger partial charge in [-0.05, 0) is 53.9 Å². The molecule has 8 aromatic rings. The van der Waals surface area contributed by atoms with E-state index in [2.05, 4.69) is 60.9 Å². The van der Waals surface area contributed by atoms with Gasteiger partial charge >= 0.3 is 0 Å². The van der Waals surface area contributed by atoms with E-state index in [9.17, 15) is 4.79 Å². The summed E-state index contributed by atoms with van der Waals surface area (Å²) >= 11 is 0. The monoisotopic (exact) mass is 493 g/mol. The van der Waals surface area contributed by atoms with Gasteiger partial charge in [0.05, 0.1) is 27.2 Å². The van der Waals surface area contributed by atoms with Crippen molar-refractivity contribution in [3.63, 3.8) is 0 Å². The number of fused-ring (bicyclic) bond motifs is 9. The summed E-state index contributed by atoms with van der Waals surface area (Å²) in [6, 6.07) is 32.6. The second kappa shape index (κ2) is 7.59. The minimum atomic E-state index is 0.00139. The molecular weight excluding hydrogens is 470 g/mol. The third-order valence-corrected chi connectivity index (χ3v) is 7.77. The molecule has 0 bridgehead atoms. The summed E-state index contributed by atoms with van der Waals surface area (Å²) in [5, 5.41) is 5.63. The van der Waals surface area contributed by atoms with Gasteiger partial charge in [-0.15, -0.1) is 0 Å². The summed E-state index contributed by atoms with van der Waals surface area (Å²) < 4.78 is 15.1. The van der Waals surface area contributed by atoms with Gasteiger partial charge in [0.25, 0.3) is 0 Å². The lowest BCUT2D eigenvalue weighted by molar-refractivity contribution is 0.648. The predicted octanol–water partition coefficient (Wildman–Crippen LogP) is 9.07. The van der Waals surface area contributed by atoms with Crippen molar-refractivity contribution in [3.05, 3.63) is 113 Å². The van der Waals surface area contributed by atoms with E-state index in [0.29, 0.717) is 21.9 Å². The SMILES string of the molecule is CC(C)c1cccc2c(=O)c3ccc(-n4c5ccccc5c5c6oc7ccccc7c6ccc54)cc3oc12. The van der Waals surface area contributed by atoms with Crippen molar-refractivity contribution in [1.29, 1.82) is 0 Å². The fraction of sp³-hybridized carbons (Fsp3) is 0.0882. The summed E-state index contributed by atoms with van der Waals surface area (Å²) in [6.07, 6.45) is 0. The molecule has 38 heavy (non-hydrogen) atoms.